The number of benzene rings is 1. The molecule has 4 aromatic rings. The van der Waals surface area contributed by atoms with Gasteiger partial charge in [-0.2, -0.15) is 0 Å². The Morgan fingerprint density at radius 2 is 1.86 bits per heavy atom. The van der Waals surface area contributed by atoms with Crippen molar-refractivity contribution in [3.63, 3.8) is 0 Å². The lowest BCUT2D eigenvalue weighted by Crippen LogP contribution is -2.33. The summed E-state index contributed by atoms with van der Waals surface area (Å²) in [5, 5.41) is 6.92. The van der Waals surface area contributed by atoms with E-state index >= 15 is 0 Å². The number of fused-ring (bicyclic) bond motifs is 2. The summed E-state index contributed by atoms with van der Waals surface area (Å²) in [6.45, 7) is 6.91. The van der Waals surface area contributed by atoms with Crippen LogP contribution in [0.15, 0.2) is 52.9 Å². The van der Waals surface area contributed by atoms with Gasteiger partial charge < -0.3 is 9.47 Å². The van der Waals surface area contributed by atoms with Crippen LogP contribution in [0, 0.1) is 0 Å². The van der Waals surface area contributed by atoms with Gasteiger partial charge in [0.15, 0.2) is 0 Å². The molecule has 0 radical (unpaired) electrons. The van der Waals surface area contributed by atoms with Gasteiger partial charge in [0.1, 0.15) is 16.9 Å². The minimum atomic E-state index is -0.530. The Morgan fingerprint density at radius 3 is 2.60 bits per heavy atom. The number of pyridine rings is 1. The molecule has 1 amide bonds. The molecule has 4 heterocycles. The van der Waals surface area contributed by atoms with Crippen molar-refractivity contribution in [2.24, 2.45) is 7.05 Å². The third-order valence-corrected chi connectivity index (χ3v) is 6.71. The van der Waals surface area contributed by atoms with E-state index in [4.69, 9.17) is 9.47 Å². The van der Waals surface area contributed by atoms with Gasteiger partial charge in [0, 0.05) is 43.5 Å². The van der Waals surface area contributed by atoms with Crippen LogP contribution < -0.4 is 10.3 Å². The third-order valence-electron chi connectivity index (χ3n) is 5.75. The van der Waals surface area contributed by atoms with Gasteiger partial charge in [-0.25, -0.2) is 9.48 Å². The zero-order valence-corrected chi connectivity index (χ0v) is 20.9. The molecule has 9 heteroatoms. The first kappa shape index (κ1) is 23.0. The number of rotatable bonds is 4. The first-order valence-electron chi connectivity index (χ1n) is 11.3. The van der Waals surface area contributed by atoms with Gasteiger partial charge in [-0.15, -0.1) is 16.4 Å². The van der Waals surface area contributed by atoms with Crippen LogP contribution in [-0.4, -0.2) is 31.4 Å². The molecule has 0 fully saturated rings. The lowest BCUT2D eigenvalue weighted by atomic mass is 10.1. The zero-order valence-electron chi connectivity index (χ0n) is 20.1. The molecule has 1 aliphatic rings. The van der Waals surface area contributed by atoms with Gasteiger partial charge in [0.25, 0.3) is 5.56 Å². The second kappa shape index (κ2) is 8.81. The molecule has 0 spiro atoms. The number of aromatic nitrogens is 3. The van der Waals surface area contributed by atoms with E-state index in [0.29, 0.717) is 31.0 Å². The average Bonchev–Trinajstić information content (AvgIpc) is 3.45. The van der Waals surface area contributed by atoms with E-state index in [1.807, 2.05) is 50.4 Å². The Labute approximate surface area is 206 Å². The Hall–Kier alpha value is -3.72. The fraction of sp³-hybridized carbons (Fsp3) is 0.308. The molecule has 1 aromatic carbocycles. The van der Waals surface area contributed by atoms with Crippen LogP contribution in [0.1, 0.15) is 37.5 Å². The average molecular weight is 491 g/mol. The Bertz CT molecular complexity index is 1470. The van der Waals surface area contributed by atoms with Gasteiger partial charge in [-0.05, 0) is 55.2 Å². The third kappa shape index (κ3) is 4.64. The minimum Gasteiger partial charge on any atom is -0.471 e. The molecular weight excluding hydrogens is 464 g/mol. The highest BCUT2D eigenvalue weighted by atomic mass is 32.1. The van der Waals surface area contributed by atoms with Crippen molar-refractivity contribution in [2.75, 3.05) is 0 Å². The normalized spacial score (nSPS) is 13.2. The van der Waals surface area contributed by atoms with E-state index in [1.165, 1.54) is 16.0 Å². The van der Waals surface area contributed by atoms with Crippen molar-refractivity contribution in [2.45, 2.75) is 46.1 Å². The fourth-order valence-corrected chi connectivity index (χ4v) is 5.11. The van der Waals surface area contributed by atoms with Crippen LogP contribution in [0.5, 0.6) is 5.88 Å². The Kier molecular flexibility index (Phi) is 5.80. The molecule has 35 heavy (non-hydrogen) atoms. The number of hydrogen-bond acceptors (Lipinski definition) is 7. The molecule has 0 saturated heterocycles. The van der Waals surface area contributed by atoms with Gasteiger partial charge in [0.2, 0.25) is 5.88 Å². The topological polar surface area (TPSA) is 86.6 Å². The minimum absolute atomic E-state index is 0.167. The molecule has 0 atom stereocenters. The van der Waals surface area contributed by atoms with Crippen molar-refractivity contribution < 1.29 is 14.3 Å². The molecule has 0 bridgehead atoms. The van der Waals surface area contributed by atoms with Gasteiger partial charge in [-0.3, -0.25) is 14.7 Å². The second-order valence-electron chi connectivity index (χ2n) is 9.55. The Balaban J connectivity index is 1.37. The number of carbonyl (C=O) groups is 1. The fourth-order valence-electron chi connectivity index (χ4n) is 4.10. The van der Waals surface area contributed by atoms with Crippen LogP contribution in [0.25, 0.3) is 21.2 Å². The summed E-state index contributed by atoms with van der Waals surface area (Å²) in [6.07, 6.45) is 3.10. The monoisotopic (exact) mass is 490 g/mol. The summed E-state index contributed by atoms with van der Waals surface area (Å²) in [7, 11) is 1.63. The van der Waals surface area contributed by atoms with Gasteiger partial charge in [-0.1, -0.05) is 18.2 Å². The van der Waals surface area contributed by atoms with E-state index in [1.54, 1.807) is 24.3 Å². The number of ether oxygens (including phenoxy) is 2. The largest absolute Gasteiger partial charge is 0.471 e. The number of nitrogens with zero attached hydrogens (tertiary/aromatic N) is 4. The molecular formula is C26H26N4O4S. The molecule has 1 aliphatic heterocycles. The summed E-state index contributed by atoms with van der Waals surface area (Å²) in [5.74, 6) is 0.420. The standard InChI is InChI=1S/C26H26N4O4S/c1-26(2,3)34-25(32)30-12-18-6-5-16(11-19(18)13-30)14-33-23-22-21(24(31)29(4)28-23)20(15-35-22)17-7-9-27-10-8-17/h5-11,15H,12-14H2,1-4H3. The van der Waals surface area contributed by atoms with Crippen LogP contribution in [0.3, 0.4) is 0 Å². The summed E-state index contributed by atoms with van der Waals surface area (Å²) >= 11 is 1.44. The van der Waals surface area contributed by atoms with Crippen LogP contribution in [-0.2, 0) is 31.5 Å². The van der Waals surface area contributed by atoms with Gasteiger partial charge >= 0.3 is 6.09 Å². The molecule has 180 valence electrons. The number of thiophene rings is 1. The first-order valence-corrected chi connectivity index (χ1v) is 12.2. The van der Waals surface area contributed by atoms with Crippen LogP contribution >= 0.6 is 11.3 Å². The second-order valence-corrected chi connectivity index (χ2v) is 10.4. The van der Waals surface area contributed by atoms with E-state index in [-0.39, 0.29) is 11.7 Å². The van der Waals surface area contributed by atoms with Gasteiger partial charge in [0.05, 0.1) is 5.39 Å². The van der Waals surface area contributed by atoms with E-state index < -0.39 is 5.60 Å². The maximum atomic E-state index is 12.9. The molecule has 0 saturated carbocycles. The Morgan fingerprint density at radius 1 is 1.11 bits per heavy atom. The van der Waals surface area contributed by atoms with E-state index in [0.717, 1.165) is 32.5 Å². The molecule has 0 N–H and O–H groups in total. The van der Waals surface area contributed by atoms with Crippen LogP contribution in [0.4, 0.5) is 4.79 Å². The highest BCUT2D eigenvalue weighted by molar-refractivity contribution is 7.18. The molecule has 0 aliphatic carbocycles. The van der Waals surface area contributed by atoms with Crippen molar-refractivity contribution >= 4 is 27.5 Å². The molecule has 3 aromatic heterocycles. The van der Waals surface area contributed by atoms with E-state index in [2.05, 4.69) is 16.1 Å². The number of carbonyl (C=O) groups excluding carboxylic acids is 1. The van der Waals surface area contributed by atoms with Crippen LogP contribution in [0.2, 0.25) is 0 Å². The maximum Gasteiger partial charge on any atom is 0.410 e. The number of aryl methyl sites for hydroxylation is 1. The smallest absolute Gasteiger partial charge is 0.410 e. The summed E-state index contributed by atoms with van der Waals surface area (Å²) in [4.78, 5) is 31.1. The van der Waals surface area contributed by atoms with Crippen molar-refractivity contribution in [3.8, 4) is 17.0 Å². The lowest BCUT2D eigenvalue weighted by molar-refractivity contribution is 0.0242. The highest BCUT2D eigenvalue weighted by Gasteiger charge is 2.28. The van der Waals surface area contributed by atoms with E-state index in [9.17, 15) is 9.59 Å². The molecule has 0 unspecified atom stereocenters. The summed E-state index contributed by atoms with van der Waals surface area (Å²) in [6, 6.07) is 9.83. The quantitative estimate of drug-likeness (QED) is 0.405. The van der Waals surface area contributed by atoms with Crippen molar-refractivity contribution in [1.29, 1.82) is 0 Å². The van der Waals surface area contributed by atoms with Crippen molar-refractivity contribution in [3.05, 3.63) is 75.1 Å². The first-order chi connectivity index (χ1) is 16.7. The molecule has 5 rings (SSSR count). The van der Waals surface area contributed by atoms with Crippen molar-refractivity contribution in [1.82, 2.24) is 19.7 Å². The SMILES string of the molecule is Cn1nc(OCc2ccc3c(c2)CN(C(=O)OC(C)(C)C)C3)c2scc(-c3ccncc3)c2c1=O. The number of hydrogen-bond donors (Lipinski definition) is 0. The highest BCUT2D eigenvalue weighted by Crippen LogP contribution is 2.36. The predicted octanol–water partition coefficient (Wildman–Crippen LogP) is 4.89. The molecule has 8 nitrogen and oxygen atoms in total. The maximum absolute atomic E-state index is 12.9. The zero-order chi connectivity index (χ0) is 24.7. The lowest BCUT2D eigenvalue weighted by Gasteiger charge is -2.24. The number of amides is 1. The summed E-state index contributed by atoms with van der Waals surface area (Å²) < 4.78 is 13.7. The summed E-state index contributed by atoms with van der Waals surface area (Å²) in [5.41, 5.74) is 4.21. The predicted molar refractivity (Wildman–Crippen MR) is 134 cm³/mol.